The molecule has 0 aliphatic rings. The average Bonchev–Trinajstić information content (AvgIpc) is 2.37. The third-order valence-corrected chi connectivity index (χ3v) is 3.38. The minimum absolute atomic E-state index is 0.131. The third-order valence-electron chi connectivity index (χ3n) is 2.31. The van der Waals surface area contributed by atoms with E-state index in [9.17, 15) is 18.9 Å². The van der Waals surface area contributed by atoms with Crippen molar-refractivity contribution in [3.63, 3.8) is 0 Å². The van der Waals surface area contributed by atoms with Crippen molar-refractivity contribution >= 4 is 37.5 Å². The molecule has 8 heteroatoms. The Balaban J connectivity index is 2.38. The van der Waals surface area contributed by atoms with Crippen molar-refractivity contribution in [1.29, 1.82) is 0 Å². The lowest BCUT2D eigenvalue weighted by atomic mass is 10.3. The fourth-order valence-electron chi connectivity index (χ4n) is 1.41. The quantitative estimate of drug-likeness (QED) is 0.399. The zero-order valence-electron chi connectivity index (χ0n) is 9.57. The Labute approximate surface area is 128 Å². The van der Waals surface area contributed by atoms with Crippen LogP contribution >= 0.6 is 31.9 Å². The van der Waals surface area contributed by atoms with E-state index in [1.165, 1.54) is 24.3 Å². The molecule has 0 saturated heterocycles. The highest BCUT2D eigenvalue weighted by Crippen LogP contribution is 2.35. The summed E-state index contributed by atoms with van der Waals surface area (Å²) in [7, 11) is 0. The number of rotatable bonds is 3. The molecule has 0 spiro atoms. The maximum absolute atomic E-state index is 13.6. The lowest BCUT2D eigenvalue weighted by Crippen LogP contribution is -1.94. The van der Waals surface area contributed by atoms with Crippen LogP contribution in [-0.4, -0.2) is 4.92 Å². The summed E-state index contributed by atoms with van der Waals surface area (Å²) < 4.78 is 32.6. The topological polar surface area (TPSA) is 52.4 Å². The minimum Gasteiger partial charge on any atom is -0.453 e. The van der Waals surface area contributed by atoms with Gasteiger partial charge >= 0.3 is 0 Å². The Bertz CT molecular complexity index is 695. The van der Waals surface area contributed by atoms with E-state index in [0.29, 0.717) is 4.47 Å². The molecule has 0 aliphatic carbocycles. The van der Waals surface area contributed by atoms with Gasteiger partial charge in [0, 0.05) is 16.6 Å². The molecule has 0 aromatic heterocycles. The molecule has 0 atom stereocenters. The fraction of sp³-hybridized carbons (Fsp3) is 0. The van der Waals surface area contributed by atoms with Crippen LogP contribution in [0, 0.1) is 21.7 Å². The fourth-order valence-corrected chi connectivity index (χ4v) is 2.27. The zero-order chi connectivity index (χ0) is 14.9. The highest BCUT2D eigenvalue weighted by atomic mass is 79.9. The number of hydrogen-bond acceptors (Lipinski definition) is 3. The number of ether oxygens (including phenoxy) is 1. The smallest absolute Gasteiger partial charge is 0.270 e. The predicted molar refractivity (Wildman–Crippen MR) is 74.9 cm³/mol. The molecule has 20 heavy (non-hydrogen) atoms. The molecule has 0 radical (unpaired) electrons. The van der Waals surface area contributed by atoms with E-state index in [1.54, 1.807) is 0 Å². The van der Waals surface area contributed by atoms with Gasteiger partial charge in [-0.05, 0) is 34.1 Å². The number of halogens is 4. The first-order valence-corrected chi connectivity index (χ1v) is 6.73. The highest BCUT2D eigenvalue weighted by molar-refractivity contribution is 9.10. The van der Waals surface area contributed by atoms with Gasteiger partial charge in [-0.3, -0.25) is 10.1 Å². The molecule has 0 bridgehead atoms. The third kappa shape index (κ3) is 3.13. The van der Waals surface area contributed by atoms with Crippen LogP contribution in [0.5, 0.6) is 11.5 Å². The van der Waals surface area contributed by atoms with Crippen LogP contribution in [0.3, 0.4) is 0 Å². The van der Waals surface area contributed by atoms with Crippen LogP contribution in [0.4, 0.5) is 14.5 Å². The summed E-state index contributed by atoms with van der Waals surface area (Å²) in [6.45, 7) is 0. The number of nitrogens with zero attached hydrogens (tertiary/aromatic N) is 1. The van der Waals surface area contributed by atoms with Crippen molar-refractivity contribution in [3.05, 3.63) is 61.0 Å². The Morgan fingerprint density at radius 2 is 1.80 bits per heavy atom. The number of nitro groups is 1. The standard InChI is InChI=1S/C12H5Br2F2NO3/c13-6-3-9(15)12(16)11(4-6)20-10-2-1-7(17(18)19)5-8(10)14/h1-5H. The van der Waals surface area contributed by atoms with Gasteiger partial charge in [-0.1, -0.05) is 15.9 Å². The van der Waals surface area contributed by atoms with Gasteiger partial charge in [0.05, 0.1) is 9.40 Å². The van der Waals surface area contributed by atoms with Crippen molar-refractivity contribution < 1.29 is 18.4 Å². The summed E-state index contributed by atoms with van der Waals surface area (Å²) in [5, 5.41) is 10.6. The second-order valence-corrected chi connectivity index (χ2v) is 5.44. The molecule has 0 amide bonds. The molecule has 2 aromatic rings. The summed E-state index contributed by atoms with van der Waals surface area (Å²) in [6.07, 6.45) is 0. The average molecular weight is 409 g/mol. The number of benzene rings is 2. The lowest BCUT2D eigenvalue weighted by molar-refractivity contribution is -0.384. The Morgan fingerprint density at radius 3 is 2.40 bits per heavy atom. The molecule has 0 aliphatic heterocycles. The first-order chi connectivity index (χ1) is 9.38. The largest absolute Gasteiger partial charge is 0.453 e. The lowest BCUT2D eigenvalue weighted by Gasteiger charge is -2.09. The highest BCUT2D eigenvalue weighted by Gasteiger charge is 2.15. The van der Waals surface area contributed by atoms with E-state index >= 15 is 0 Å². The molecule has 0 fully saturated rings. The summed E-state index contributed by atoms with van der Waals surface area (Å²) in [6, 6.07) is 5.92. The van der Waals surface area contributed by atoms with Gasteiger partial charge in [0.2, 0.25) is 5.82 Å². The Hall–Kier alpha value is -1.54. The summed E-state index contributed by atoms with van der Waals surface area (Å²) in [5.41, 5.74) is -0.148. The molecular formula is C12H5Br2F2NO3. The van der Waals surface area contributed by atoms with E-state index in [-0.39, 0.29) is 21.7 Å². The maximum Gasteiger partial charge on any atom is 0.270 e. The SMILES string of the molecule is O=[N+]([O-])c1ccc(Oc2cc(Br)cc(F)c2F)c(Br)c1. The van der Waals surface area contributed by atoms with E-state index in [0.717, 1.165) is 6.07 Å². The molecule has 0 unspecified atom stereocenters. The van der Waals surface area contributed by atoms with Crippen molar-refractivity contribution in [2.45, 2.75) is 0 Å². The Morgan fingerprint density at radius 1 is 1.10 bits per heavy atom. The molecular weight excluding hydrogens is 404 g/mol. The van der Waals surface area contributed by atoms with Crippen LogP contribution in [0.2, 0.25) is 0 Å². The zero-order valence-corrected chi connectivity index (χ0v) is 12.7. The van der Waals surface area contributed by atoms with Crippen LogP contribution < -0.4 is 4.74 Å². The predicted octanol–water partition coefficient (Wildman–Crippen LogP) is 5.19. The van der Waals surface area contributed by atoms with Crippen molar-refractivity contribution in [2.75, 3.05) is 0 Å². The molecule has 2 aromatic carbocycles. The van der Waals surface area contributed by atoms with Crippen molar-refractivity contribution in [1.82, 2.24) is 0 Å². The van der Waals surface area contributed by atoms with Gasteiger partial charge in [0.15, 0.2) is 11.6 Å². The molecule has 0 saturated carbocycles. The maximum atomic E-state index is 13.6. The normalized spacial score (nSPS) is 10.4. The second kappa shape index (κ2) is 5.84. The van der Waals surface area contributed by atoms with Crippen LogP contribution in [0.15, 0.2) is 39.3 Å². The van der Waals surface area contributed by atoms with E-state index in [4.69, 9.17) is 4.74 Å². The number of hydrogen-bond donors (Lipinski definition) is 0. The minimum atomic E-state index is -1.14. The van der Waals surface area contributed by atoms with Crippen molar-refractivity contribution in [3.8, 4) is 11.5 Å². The number of nitro benzene ring substituents is 1. The second-order valence-electron chi connectivity index (χ2n) is 3.67. The van der Waals surface area contributed by atoms with Gasteiger partial charge < -0.3 is 4.74 Å². The van der Waals surface area contributed by atoms with Gasteiger partial charge in [-0.25, -0.2) is 4.39 Å². The van der Waals surface area contributed by atoms with Crippen LogP contribution in [0.25, 0.3) is 0 Å². The Kier molecular flexibility index (Phi) is 4.34. The molecule has 2 rings (SSSR count). The van der Waals surface area contributed by atoms with E-state index in [2.05, 4.69) is 31.9 Å². The molecule has 4 nitrogen and oxygen atoms in total. The first-order valence-electron chi connectivity index (χ1n) is 5.15. The molecule has 104 valence electrons. The van der Waals surface area contributed by atoms with Gasteiger partial charge in [-0.15, -0.1) is 0 Å². The molecule has 0 N–H and O–H groups in total. The van der Waals surface area contributed by atoms with Crippen LogP contribution in [0.1, 0.15) is 0 Å². The first kappa shape index (κ1) is 14.9. The monoisotopic (exact) mass is 407 g/mol. The summed E-state index contributed by atoms with van der Waals surface area (Å²) in [5.74, 6) is -2.40. The van der Waals surface area contributed by atoms with E-state index < -0.39 is 16.6 Å². The summed E-state index contributed by atoms with van der Waals surface area (Å²) >= 11 is 6.10. The van der Waals surface area contributed by atoms with E-state index in [1.807, 2.05) is 0 Å². The molecule has 0 heterocycles. The van der Waals surface area contributed by atoms with Gasteiger partial charge in [0.25, 0.3) is 5.69 Å². The van der Waals surface area contributed by atoms with Crippen molar-refractivity contribution in [2.24, 2.45) is 0 Å². The van der Waals surface area contributed by atoms with Crippen LogP contribution in [-0.2, 0) is 0 Å². The van der Waals surface area contributed by atoms with Gasteiger partial charge in [-0.2, -0.15) is 4.39 Å². The summed E-state index contributed by atoms with van der Waals surface area (Å²) in [4.78, 5) is 10.0. The van der Waals surface area contributed by atoms with Gasteiger partial charge in [0.1, 0.15) is 5.75 Å². The number of non-ortho nitro benzene ring substituents is 1.